The van der Waals surface area contributed by atoms with Gasteiger partial charge >= 0.3 is 6.18 Å². The van der Waals surface area contributed by atoms with Crippen LogP contribution in [0.25, 0.3) is 0 Å². The van der Waals surface area contributed by atoms with Crippen molar-refractivity contribution in [3.05, 3.63) is 129 Å². The first kappa shape index (κ1) is 31.3. The zero-order valence-corrected chi connectivity index (χ0v) is 25.1. The Kier molecular flexibility index (Phi) is 9.18. The predicted octanol–water partition coefficient (Wildman–Crippen LogP) is 7.67. The van der Waals surface area contributed by atoms with Crippen LogP contribution < -0.4 is 10.2 Å². The van der Waals surface area contributed by atoms with Crippen molar-refractivity contribution in [1.82, 2.24) is 5.32 Å². The van der Waals surface area contributed by atoms with Crippen molar-refractivity contribution < 1.29 is 27.9 Å². The number of alkyl halides is 3. The van der Waals surface area contributed by atoms with Crippen LogP contribution in [0.15, 0.2) is 113 Å². The lowest BCUT2D eigenvalue weighted by Crippen LogP contribution is -2.66. The molecule has 5 rings (SSSR count). The third-order valence-corrected chi connectivity index (χ3v) is 9.33. The predicted molar refractivity (Wildman–Crippen MR) is 166 cm³/mol. The quantitative estimate of drug-likeness (QED) is 0.190. The number of aliphatic hydroxyl groups is 1. The van der Waals surface area contributed by atoms with Crippen LogP contribution in [0.3, 0.4) is 0 Å². The Morgan fingerprint density at radius 3 is 2.09 bits per heavy atom. The molecule has 0 aliphatic carbocycles. The van der Waals surface area contributed by atoms with E-state index in [1.807, 2.05) is 6.07 Å². The van der Waals surface area contributed by atoms with Crippen LogP contribution in [0.1, 0.15) is 21.2 Å². The molecule has 2 N–H and O–H groups in total. The number of nitrogens with zero attached hydrogens (tertiary/aromatic N) is 2. The molecule has 1 aliphatic heterocycles. The van der Waals surface area contributed by atoms with Crippen molar-refractivity contribution in [1.29, 1.82) is 5.26 Å². The molecule has 44 heavy (non-hydrogen) atoms. The van der Waals surface area contributed by atoms with Gasteiger partial charge in [0.2, 0.25) is 11.6 Å². The fourth-order valence-corrected chi connectivity index (χ4v) is 7.02. The number of hydrogen-bond donors (Lipinski definition) is 2. The number of ketones is 1. The standard InChI is InChI=1S/C32H23ClF3N3O3S2/c33-24-15-8-7-14-22(24)27-23(18-37)30(38-31(42,32(34,35)36)28(27)29(41)25-16-9-17-43-25)44-19-26(40)39(20-10-3-1-4-11-20)21-12-5-2-6-13-21/h1-17,27-28,38,42H,19H2/t27-,28+,31+/m0/s1. The molecular weight excluding hydrogens is 631 g/mol. The summed E-state index contributed by atoms with van der Waals surface area (Å²) in [7, 11) is 0. The van der Waals surface area contributed by atoms with Gasteiger partial charge < -0.3 is 10.4 Å². The number of hydrogen-bond acceptors (Lipinski definition) is 7. The molecule has 3 aromatic carbocycles. The second-order valence-electron chi connectivity index (χ2n) is 9.75. The summed E-state index contributed by atoms with van der Waals surface area (Å²) in [4.78, 5) is 28.8. The lowest BCUT2D eigenvalue weighted by molar-refractivity contribution is -0.285. The monoisotopic (exact) mass is 653 g/mol. The van der Waals surface area contributed by atoms with E-state index in [1.54, 1.807) is 66.7 Å². The van der Waals surface area contributed by atoms with Gasteiger partial charge in [0.25, 0.3) is 0 Å². The van der Waals surface area contributed by atoms with Crippen LogP contribution in [0.5, 0.6) is 0 Å². The summed E-state index contributed by atoms with van der Waals surface area (Å²) in [6.45, 7) is 0. The first-order valence-corrected chi connectivity index (χ1v) is 15.4. The van der Waals surface area contributed by atoms with Gasteiger partial charge in [-0.05, 0) is 47.3 Å². The Hall–Kier alpha value is -4.08. The molecule has 3 atom stereocenters. The number of rotatable bonds is 8. The topological polar surface area (TPSA) is 93.4 Å². The van der Waals surface area contributed by atoms with Crippen LogP contribution in [-0.2, 0) is 4.79 Å². The first-order chi connectivity index (χ1) is 21.1. The second-order valence-corrected chi connectivity index (χ2v) is 12.1. The number of benzene rings is 3. The van der Waals surface area contributed by atoms with Gasteiger partial charge in [-0.2, -0.15) is 18.4 Å². The maximum absolute atomic E-state index is 14.9. The van der Waals surface area contributed by atoms with Crippen LogP contribution in [0.2, 0.25) is 5.02 Å². The number of nitriles is 1. The summed E-state index contributed by atoms with van der Waals surface area (Å²) in [5, 5.41) is 25.0. The van der Waals surface area contributed by atoms with Gasteiger partial charge in [-0.25, -0.2) is 0 Å². The van der Waals surface area contributed by atoms with Crippen molar-refractivity contribution in [2.24, 2.45) is 5.92 Å². The zero-order chi connectivity index (χ0) is 31.5. The molecule has 0 saturated heterocycles. The van der Waals surface area contributed by atoms with Gasteiger partial charge in [0.05, 0.1) is 33.2 Å². The Labute approximate surface area is 264 Å². The highest BCUT2D eigenvalue weighted by atomic mass is 35.5. The Bertz CT molecular complexity index is 1690. The van der Waals surface area contributed by atoms with Gasteiger partial charge in [0.1, 0.15) is 0 Å². The Morgan fingerprint density at radius 2 is 1.57 bits per heavy atom. The third-order valence-electron chi connectivity index (χ3n) is 7.10. The molecule has 1 aliphatic rings. The molecule has 12 heteroatoms. The van der Waals surface area contributed by atoms with Gasteiger partial charge in [-0.3, -0.25) is 14.5 Å². The number of carbonyl (C=O) groups is 2. The number of carbonyl (C=O) groups excluding carboxylic acids is 2. The van der Waals surface area contributed by atoms with Gasteiger partial charge in [-0.15, -0.1) is 11.3 Å². The highest BCUT2D eigenvalue weighted by molar-refractivity contribution is 8.03. The van der Waals surface area contributed by atoms with Crippen molar-refractivity contribution in [2.75, 3.05) is 10.7 Å². The van der Waals surface area contributed by atoms with Crippen molar-refractivity contribution >= 4 is 57.8 Å². The molecule has 0 unspecified atom stereocenters. The maximum atomic E-state index is 14.9. The summed E-state index contributed by atoms with van der Waals surface area (Å²) < 4.78 is 44.6. The van der Waals surface area contributed by atoms with E-state index in [4.69, 9.17) is 11.6 Å². The summed E-state index contributed by atoms with van der Waals surface area (Å²) in [6, 6.07) is 28.1. The van der Waals surface area contributed by atoms with Gasteiger partial charge in [0, 0.05) is 22.3 Å². The number of halogens is 4. The fourth-order valence-electron chi connectivity index (χ4n) is 5.11. The molecule has 0 saturated carbocycles. The average Bonchev–Trinajstić information content (AvgIpc) is 3.56. The third kappa shape index (κ3) is 5.99. The van der Waals surface area contributed by atoms with E-state index in [-0.39, 0.29) is 26.1 Å². The van der Waals surface area contributed by atoms with E-state index in [0.29, 0.717) is 23.1 Å². The number of Topliss-reactive ketones (excluding diaryl/α,β-unsaturated/α-hetero) is 1. The van der Waals surface area contributed by atoms with Crippen molar-refractivity contribution in [3.63, 3.8) is 0 Å². The average molecular weight is 654 g/mol. The second kappa shape index (κ2) is 12.9. The smallest absolute Gasteiger partial charge is 0.363 e. The molecule has 1 amide bonds. The summed E-state index contributed by atoms with van der Waals surface area (Å²) in [5.41, 5.74) is -2.95. The number of nitrogens with one attached hydrogen (secondary N) is 1. The van der Waals surface area contributed by atoms with E-state index < -0.39 is 41.2 Å². The molecule has 0 spiro atoms. The molecular formula is C32H23ClF3N3O3S2. The number of thioether (sulfide) groups is 1. The maximum Gasteiger partial charge on any atom is 0.437 e. The van der Waals surface area contributed by atoms with E-state index in [2.05, 4.69) is 5.32 Å². The summed E-state index contributed by atoms with van der Waals surface area (Å²) in [5.74, 6) is -5.72. The largest absolute Gasteiger partial charge is 0.437 e. The van der Waals surface area contributed by atoms with Gasteiger partial charge in [-0.1, -0.05) is 84.0 Å². The molecule has 0 fully saturated rings. The van der Waals surface area contributed by atoms with Crippen molar-refractivity contribution in [2.45, 2.75) is 17.8 Å². The van der Waals surface area contributed by atoms with E-state index in [9.17, 15) is 33.1 Å². The van der Waals surface area contributed by atoms with Crippen LogP contribution >= 0.6 is 34.7 Å². The first-order valence-electron chi connectivity index (χ1n) is 13.2. The molecule has 0 bridgehead atoms. The van der Waals surface area contributed by atoms with E-state index in [0.717, 1.165) is 11.3 Å². The Morgan fingerprint density at radius 1 is 0.977 bits per heavy atom. The molecule has 6 nitrogen and oxygen atoms in total. The van der Waals surface area contributed by atoms with E-state index in [1.165, 1.54) is 40.6 Å². The minimum absolute atomic E-state index is 0.0143. The number of amides is 1. The molecule has 0 radical (unpaired) electrons. The summed E-state index contributed by atoms with van der Waals surface area (Å²) >= 11 is 7.99. The van der Waals surface area contributed by atoms with Crippen molar-refractivity contribution in [3.8, 4) is 6.07 Å². The number of para-hydroxylation sites is 2. The minimum Gasteiger partial charge on any atom is -0.363 e. The molecule has 2 heterocycles. The summed E-state index contributed by atoms with van der Waals surface area (Å²) in [6.07, 6.45) is -5.37. The highest BCUT2D eigenvalue weighted by Crippen LogP contribution is 2.52. The highest BCUT2D eigenvalue weighted by Gasteiger charge is 2.66. The lowest BCUT2D eigenvalue weighted by Gasteiger charge is -2.45. The molecule has 1 aromatic heterocycles. The van der Waals surface area contributed by atoms with Crippen LogP contribution in [0, 0.1) is 17.2 Å². The van der Waals surface area contributed by atoms with Gasteiger partial charge in [0.15, 0.2) is 5.78 Å². The minimum atomic E-state index is -5.37. The van der Waals surface area contributed by atoms with E-state index >= 15 is 0 Å². The zero-order valence-electron chi connectivity index (χ0n) is 22.7. The number of thiophene rings is 1. The number of allylic oxidation sites excluding steroid dienone is 1. The SMILES string of the molecule is N#CC1=C(SCC(=O)N(c2ccccc2)c2ccccc2)N[C@](O)(C(F)(F)F)[C@@H](C(=O)c2cccs2)[C@H]1c1ccccc1Cl. The van der Waals surface area contributed by atoms with Crippen LogP contribution in [-0.4, -0.2) is 34.5 Å². The van der Waals surface area contributed by atoms with Crippen LogP contribution in [0.4, 0.5) is 24.5 Å². The number of anilines is 2. The molecule has 4 aromatic rings. The fraction of sp³-hybridized carbons (Fsp3) is 0.156. The normalized spacial score (nSPS) is 20.0. The lowest BCUT2D eigenvalue weighted by atomic mass is 9.70. The molecule has 224 valence electrons. The Balaban J connectivity index is 1.61.